The fraction of sp³-hybridized carbons (Fsp3) is 0.556. The third-order valence-electron chi connectivity index (χ3n) is 4.58. The van der Waals surface area contributed by atoms with E-state index in [1.807, 2.05) is 37.3 Å². The van der Waals surface area contributed by atoms with E-state index in [9.17, 15) is 9.59 Å². The summed E-state index contributed by atoms with van der Waals surface area (Å²) in [5.41, 5.74) is 7.15. The maximum atomic E-state index is 12.2. The number of hydrogen-bond acceptors (Lipinski definition) is 4. The number of nitrogens with two attached hydrogens (primary N) is 1. The van der Waals surface area contributed by atoms with Crippen molar-refractivity contribution in [1.29, 1.82) is 0 Å². The number of carboxylic acid groups (broad SMARTS) is 1. The molecule has 0 aromatic heterocycles. The molecule has 24 heavy (non-hydrogen) atoms. The smallest absolute Gasteiger partial charge is 1.00 e. The van der Waals surface area contributed by atoms with Crippen molar-refractivity contribution in [2.75, 3.05) is 0 Å². The van der Waals surface area contributed by atoms with E-state index in [2.05, 4.69) is 0 Å². The van der Waals surface area contributed by atoms with Gasteiger partial charge in [0.05, 0.1) is 5.92 Å². The normalized spacial score (nSPS) is 22.8. The molecule has 1 aromatic carbocycles. The molecule has 0 saturated heterocycles. The van der Waals surface area contributed by atoms with Crippen molar-refractivity contribution in [1.82, 2.24) is 0 Å². The van der Waals surface area contributed by atoms with Gasteiger partial charge in [-0.15, -0.1) is 0 Å². The quantitative estimate of drug-likeness (QED) is 0.528. The molecule has 5 nitrogen and oxygen atoms in total. The number of esters is 1. The number of carboxylic acids is 1. The summed E-state index contributed by atoms with van der Waals surface area (Å²) in [4.78, 5) is 23.2. The van der Waals surface area contributed by atoms with E-state index >= 15 is 0 Å². The van der Waals surface area contributed by atoms with Crippen LogP contribution in [-0.2, 0) is 20.7 Å². The van der Waals surface area contributed by atoms with Gasteiger partial charge < -0.3 is 17.0 Å². The Morgan fingerprint density at radius 2 is 1.83 bits per heavy atom. The van der Waals surface area contributed by atoms with Crippen LogP contribution in [0.3, 0.4) is 0 Å². The van der Waals surface area contributed by atoms with Gasteiger partial charge in [0.25, 0.3) is 0 Å². The Morgan fingerprint density at radius 1 is 1.25 bits per heavy atom. The third-order valence-corrected chi connectivity index (χ3v) is 4.58. The Morgan fingerprint density at radius 3 is 2.38 bits per heavy atom. The zero-order valence-corrected chi connectivity index (χ0v) is 17.6. The van der Waals surface area contributed by atoms with Crippen LogP contribution in [0, 0.1) is 11.8 Å². The van der Waals surface area contributed by atoms with Gasteiger partial charge in [-0.1, -0.05) is 30.3 Å². The third kappa shape index (κ3) is 6.58. The van der Waals surface area contributed by atoms with E-state index in [1.165, 1.54) is 0 Å². The van der Waals surface area contributed by atoms with Crippen molar-refractivity contribution >= 4 is 11.9 Å². The zero-order chi connectivity index (χ0) is 16.8. The predicted molar refractivity (Wildman–Crippen MR) is 87.9 cm³/mol. The predicted octanol–water partition coefficient (Wildman–Crippen LogP) is -0.504. The number of rotatable bonds is 6. The number of aliphatic carboxylic acids is 1. The molecule has 0 bridgehead atoms. The fourth-order valence-electron chi connectivity index (χ4n) is 3.18. The van der Waals surface area contributed by atoms with Gasteiger partial charge in [0.2, 0.25) is 0 Å². The monoisotopic (exact) mass is 359 g/mol. The molecule has 0 spiro atoms. The van der Waals surface area contributed by atoms with E-state index in [1.54, 1.807) is 0 Å². The second-order valence-electron chi connectivity index (χ2n) is 6.41. The van der Waals surface area contributed by atoms with Crippen molar-refractivity contribution in [3.63, 3.8) is 0 Å². The molecule has 1 aliphatic carbocycles. The summed E-state index contributed by atoms with van der Waals surface area (Å²) < 4.78 is 5.46. The van der Waals surface area contributed by atoms with E-state index in [0.29, 0.717) is 32.1 Å². The van der Waals surface area contributed by atoms with Crippen LogP contribution in [0.1, 0.15) is 39.6 Å². The van der Waals surface area contributed by atoms with Crippen LogP contribution < -0.4 is 57.1 Å². The summed E-state index contributed by atoms with van der Waals surface area (Å²) in [7, 11) is 0. The van der Waals surface area contributed by atoms with E-state index < -0.39 is 12.0 Å². The second-order valence-corrected chi connectivity index (χ2v) is 6.41. The molecule has 6 heteroatoms. The van der Waals surface area contributed by atoms with Gasteiger partial charge in [0, 0.05) is 6.42 Å². The molecule has 1 aliphatic rings. The van der Waals surface area contributed by atoms with Crippen LogP contribution in [-0.4, -0.2) is 29.2 Å². The average molecular weight is 360 g/mol. The molecule has 0 aliphatic heterocycles. The van der Waals surface area contributed by atoms with Crippen LogP contribution in [0.25, 0.3) is 0 Å². The maximum Gasteiger partial charge on any atom is 1.00 e. The Hall–Kier alpha value is -0.244. The molecule has 0 radical (unpaired) electrons. The largest absolute Gasteiger partial charge is 1.00 e. The maximum absolute atomic E-state index is 12.2. The molecule has 3 N–H and O–H groups in total. The summed E-state index contributed by atoms with van der Waals surface area (Å²) in [6, 6.07) is 9.19. The fourth-order valence-corrected chi connectivity index (χ4v) is 3.18. The minimum Gasteiger partial charge on any atom is -1.00 e. The van der Waals surface area contributed by atoms with Crippen molar-refractivity contribution < 1.29 is 72.2 Å². The summed E-state index contributed by atoms with van der Waals surface area (Å²) in [6.45, 7) is 1.86. The molecular weight excluding hydrogens is 333 g/mol. The Labute approximate surface area is 187 Å². The van der Waals surface area contributed by atoms with Crippen molar-refractivity contribution in [3.8, 4) is 0 Å². The summed E-state index contributed by atoms with van der Waals surface area (Å²) in [6.07, 6.45) is 2.93. The molecule has 128 valence electrons. The molecule has 2 unspecified atom stereocenters. The standard InChI is InChI=1S/C18H25NO4.K.H/c1-12(11-13-5-3-2-4-6-13)23-18(22)16(19)14-7-9-15(10-8-14)17(20)21;;/h2-6,12,14-16H,7-11,19H2,1H3,(H,20,21);;/q;+1;-1. The van der Waals surface area contributed by atoms with Crippen LogP contribution in [0.2, 0.25) is 0 Å². The molecule has 1 saturated carbocycles. The molecule has 0 amide bonds. The Kier molecular flexibility index (Phi) is 9.70. The first kappa shape index (κ1) is 21.8. The number of ether oxygens (including phenoxy) is 1. The SMILES string of the molecule is CC(Cc1ccccc1)OC(=O)C(N)C1CCC(C(=O)O)CC1.[H-].[K+]. The van der Waals surface area contributed by atoms with Gasteiger partial charge in [-0.05, 0) is 44.1 Å². The molecule has 0 heterocycles. The molecule has 1 fully saturated rings. The van der Waals surface area contributed by atoms with Crippen LogP contribution in [0.5, 0.6) is 0 Å². The summed E-state index contributed by atoms with van der Waals surface area (Å²) in [5.74, 6) is -1.42. The van der Waals surface area contributed by atoms with E-state index in [0.717, 1.165) is 5.56 Å². The van der Waals surface area contributed by atoms with Gasteiger partial charge >= 0.3 is 63.3 Å². The molecular formula is C18H26KNO4. The summed E-state index contributed by atoms with van der Waals surface area (Å²) >= 11 is 0. The first-order chi connectivity index (χ1) is 11.0. The van der Waals surface area contributed by atoms with E-state index in [4.69, 9.17) is 15.6 Å². The van der Waals surface area contributed by atoms with Crippen molar-refractivity contribution in [2.24, 2.45) is 17.6 Å². The zero-order valence-electron chi connectivity index (χ0n) is 15.5. The van der Waals surface area contributed by atoms with Gasteiger partial charge in [0.1, 0.15) is 12.1 Å². The molecule has 2 atom stereocenters. The minimum atomic E-state index is -0.754. The number of carbonyl (C=O) groups is 2. The summed E-state index contributed by atoms with van der Waals surface area (Å²) in [5, 5.41) is 9.01. The Bertz CT molecular complexity index is 535. The van der Waals surface area contributed by atoms with Crippen molar-refractivity contribution in [3.05, 3.63) is 35.9 Å². The van der Waals surface area contributed by atoms with Gasteiger partial charge in [-0.2, -0.15) is 0 Å². The molecule has 1 aromatic rings. The number of carbonyl (C=O) groups excluding carboxylic acids is 1. The van der Waals surface area contributed by atoms with Crippen LogP contribution in [0.4, 0.5) is 0 Å². The van der Waals surface area contributed by atoms with Gasteiger partial charge in [-0.25, -0.2) is 0 Å². The number of benzene rings is 1. The second kappa shape index (κ2) is 10.7. The molecule has 2 rings (SSSR count). The van der Waals surface area contributed by atoms with Gasteiger partial charge in [-0.3, -0.25) is 9.59 Å². The topological polar surface area (TPSA) is 89.6 Å². The van der Waals surface area contributed by atoms with Crippen molar-refractivity contribution in [2.45, 2.75) is 51.2 Å². The minimum absolute atomic E-state index is 0. The van der Waals surface area contributed by atoms with Crippen LogP contribution in [0.15, 0.2) is 30.3 Å². The van der Waals surface area contributed by atoms with Gasteiger partial charge in [0.15, 0.2) is 0 Å². The average Bonchev–Trinajstić information content (AvgIpc) is 2.55. The first-order valence-electron chi connectivity index (χ1n) is 8.20. The Balaban J connectivity index is 0.00000288. The van der Waals surface area contributed by atoms with Crippen LogP contribution >= 0.6 is 0 Å². The first-order valence-corrected chi connectivity index (χ1v) is 8.20. The van der Waals surface area contributed by atoms with E-state index in [-0.39, 0.29) is 76.7 Å². The number of hydrogen-bond donors (Lipinski definition) is 2.